The molecule has 1 aliphatic rings. The van der Waals surface area contributed by atoms with E-state index in [2.05, 4.69) is 4.90 Å². The fourth-order valence-electron chi connectivity index (χ4n) is 3.19. The van der Waals surface area contributed by atoms with E-state index in [0.29, 0.717) is 54.6 Å². The van der Waals surface area contributed by atoms with Crippen LogP contribution in [0.4, 0.5) is 5.69 Å². The van der Waals surface area contributed by atoms with E-state index < -0.39 is 0 Å². The van der Waals surface area contributed by atoms with Gasteiger partial charge in [0.2, 0.25) is 0 Å². The number of para-hydroxylation sites is 1. The molecule has 142 valence electrons. The lowest BCUT2D eigenvalue weighted by Gasteiger charge is -2.34. The molecule has 0 atom stereocenters. The Hall–Kier alpha value is -2.64. The molecule has 1 amide bonds. The van der Waals surface area contributed by atoms with Crippen LogP contribution in [0.15, 0.2) is 42.5 Å². The number of methoxy groups -OCH3 is 1. The minimum atomic E-state index is -0.361. The molecule has 2 aromatic carbocycles. The number of carbonyl (C=O) groups is 1. The van der Waals surface area contributed by atoms with E-state index >= 15 is 0 Å². The number of hydrogen-bond donors (Lipinski definition) is 0. The number of halogens is 1. The van der Waals surface area contributed by atoms with Crippen LogP contribution >= 0.6 is 11.6 Å². The summed E-state index contributed by atoms with van der Waals surface area (Å²) in [6.07, 6.45) is 0. The molecule has 0 aliphatic carbocycles. The predicted octanol–water partition coefficient (Wildman–Crippen LogP) is 3.21. The lowest BCUT2D eigenvalue weighted by atomic mass is 10.1. The number of nitro benzene ring substituents is 1. The largest absolute Gasteiger partial charge is 0.496 e. The molecular formula is C19H20ClN3O4. The van der Waals surface area contributed by atoms with Gasteiger partial charge in [0.05, 0.1) is 17.6 Å². The lowest BCUT2D eigenvalue weighted by Crippen LogP contribution is -2.48. The molecule has 3 rings (SSSR count). The van der Waals surface area contributed by atoms with Crippen molar-refractivity contribution in [3.05, 3.63) is 68.7 Å². The van der Waals surface area contributed by atoms with Gasteiger partial charge in [0.15, 0.2) is 0 Å². The maximum Gasteiger partial charge on any atom is 0.273 e. The summed E-state index contributed by atoms with van der Waals surface area (Å²) in [5.41, 5.74) is 1.25. The summed E-state index contributed by atoms with van der Waals surface area (Å²) in [5.74, 6) is 0.367. The topological polar surface area (TPSA) is 75.9 Å². The van der Waals surface area contributed by atoms with Crippen LogP contribution in [0.2, 0.25) is 5.02 Å². The first-order chi connectivity index (χ1) is 13.0. The summed E-state index contributed by atoms with van der Waals surface area (Å²) in [5, 5.41) is 11.6. The van der Waals surface area contributed by atoms with Gasteiger partial charge in [-0.1, -0.05) is 29.8 Å². The highest BCUT2D eigenvalue weighted by Crippen LogP contribution is 2.25. The van der Waals surface area contributed by atoms with E-state index in [0.717, 1.165) is 0 Å². The third kappa shape index (κ3) is 4.37. The standard InChI is InChI=1S/C19H20ClN3O4/c1-27-18-7-6-15(20)12-16(18)19(24)22-10-8-21(9-11-22)13-14-4-2-3-5-17(14)23(25)26/h2-7,12H,8-11,13H2,1H3. The average Bonchev–Trinajstić information content (AvgIpc) is 2.68. The summed E-state index contributed by atoms with van der Waals surface area (Å²) in [6.45, 7) is 2.84. The molecule has 0 saturated carbocycles. The molecule has 1 saturated heterocycles. The van der Waals surface area contributed by atoms with Crippen LogP contribution < -0.4 is 4.74 Å². The second-order valence-electron chi connectivity index (χ2n) is 6.30. The zero-order valence-electron chi connectivity index (χ0n) is 14.9. The van der Waals surface area contributed by atoms with Crippen molar-refractivity contribution in [1.29, 1.82) is 0 Å². The molecule has 7 nitrogen and oxygen atoms in total. The summed E-state index contributed by atoms with van der Waals surface area (Å²) >= 11 is 6.02. The van der Waals surface area contributed by atoms with Crippen LogP contribution in [0.25, 0.3) is 0 Å². The Balaban J connectivity index is 1.65. The van der Waals surface area contributed by atoms with Crippen molar-refractivity contribution in [3.63, 3.8) is 0 Å². The maximum atomic E-state index is 12.8. The van der Waals surface area contributed by atoms with Gasteiger partial charge in [0, 0.05) is 49.4 Å². The predicted molar refractivity (Wildman–Crippen MR) is 102 cm³/mol. The zero-order chi connectivity index (χ0) is 19.4. The molecule has 27 heavy (non-hydrogen) atoms. The molecule has 0 radical (unpaired) electrons. The van der Waals surface area contributed by atoms with Crippen molar-refractivity contribution in [2.24, 2.45) is 0 Å². The molecule has 1 aliphatic heterocycles. The fraction of sp³-hybridized carbons (Fsp3) is 0.316. The van der Waals surface area contributed by atoms with Gasteiger partial charge in [0.25, 0.3) is 11.6 Å². The number of nitro groups is 1. The third-order valence-electron chi connectivity index (χ3n) is 4.63. The van der Waals surface area contributed by atoms with E-state index in [1.165, 1.54) is 13.2 Å². The van der Waals surface area contributed by atoms with Crippen molar-refractivity contribution in [2.75, 3.05) is 33.3 Å². The zero-order valence-corrected chi connectivity index (χ0v) is 15.7. The Morgan fingerprint density at radius 3 is 2.56 bits per heavy atom. The second-order valence-corrected chi connectivity index (χ2v) is 6.74. The van der Waals surface area contributed by atoms with Gasteiger partial charge < -0.3 is 9.64 Å². The highest BCUT2D eigenvalue weighted by molar-refractivity contribution is 6.31. The number of piperazine rings is 1. The number of rotatable bonds is 5. The summed E-state index contributed by atoms with van der Waals surface area (Å²) in [6, 6.07) is 11.7. The highest BCUT2D eigenvalue weighted by Gasteiger charge is 2.25. The normalized spacial score (nSPS) is 14.8. The van der Waals surface area contributed by atoms with Crippen molar-refractivity contribution in [1.82, 2.24) is 9.80 Å². The Kier molecular flexibility index (Phi) is 5.93. The maximum absolute atomic E-state index is 12.8. The fourth-order valence-corrected chi connectivity index (χ4v) is 3.36. The molecule has 8 heteroatoms. The first kappa shape index (κ1) is 19.1. The van der Waals surface area contributed by atoms with E-state index in [-0.39, 0.29) is 16.5 Å². The summed E-state index contributed by atoms with van der Waals surface area (Å²) in [7, 11) is 1.52. The van der Waals surface area contributed by atoms with Crippen molar-refractivity contribution >= 4 is 23.2 Å². The third-order valence-corrected chi connectivity index (χ3v) is 4.87. The first-order valence-corrected chi connectivity index (χ1v) is 8.95. The Bertz CT molecular complexity index is 851. The lowest BCUT2D eigenvalue weighted by molar-refractivity contribution is -0.385. The molecule has 1 heterocycles. The van der Waals surface area contributed by atoms with Crippen molar-refractivity contribution in [2.45, 2.75) is 6.54 Å². The van der Waals surface area contributed by atoms with Crippen LogP contribution in [0, 0.1) is 10.1 Å². The number of hydrogen-bond acceptors (Lipinski definition) is 5. The number of nitrogens with zero attached hydrogens (tertiary/aromatic N) is 3. The van der Waals surface area contributed by atoms with Gasteiger partial charge in [-0.15, -0.1) is 0 Å². The van der Waals surface area contributed by atoms with E-state index in [9.17, 15) is 14.9 Å². The van der Waals surface area contributed by atoms with Crippen molar-refractivity contribution in [3.8, 4) is 5.75 Å². The van der Waals surface area contributed by atoms with E-state index in [1.807, 2.05) is 0 Å². The van der Waals surface area contributed by atoms with Crippen LogP contribution in [0.5, 0.6) is 5.75 Å². The van der Waals surface area contributed by atoms with E-state index in [1.54, 1.807) is 41.3 Å². The smallest absolute Gasteiger partial charge is 0.273 e. The average molecular weight is 390 g/mol. The monoisotopic (exact) mass is 389 g/mol. The van der Waals surface area contributed by atoms with Gasteiger partial charge in [0.1, 0.15) is 5.75 Å². The molecule has 0 N–H and O–H groups in total. The Morgan fingerprint density at radius 2 is 1.89 bits per heavy atom. The first-order valence-electron chi connectivity index (χ1n) is 8.57. The molecule has 0 unspecified atom stereocenters. The quantitative estimate of drug-likeness (QED) is 0.579. The highest BCUT2D eigenvalue weighted by atomic mass is 35.5. The number of carbonyl (C=O) groups excluding carboxylic acids is 1. The minimum Gasteiger partial charge on any atom is -0.496 e. The number of amides is 1. The van der Waals surface area contributed by atoms with Crippen molar-refractivity contribution < 1.29 is 14.5 Å². The second kappa shape index (κ2) is 8.37. The van der Waals surface area contributed by atoms with E-state index in [4.69, 9.17) is 16.3 Å². The number of benzene rings is 2. The molecular weight excluding hydrogens is 370 g/mol. The molecule has 0 spiro atoms. The SMILES string of the molecule is COc1ccc(Cl)cc1C(=O)N1CCN(Cc2ccccc2[N+](=O)[O-])CC1. The summed E-state index contributed by atoms with van der Waals surface area (Å²) < 4.78 is 5.27. The Labute approximate surface area is 162 Å². The number of ether oxygens (including phenoxy) is 1. The van der Waals surface area contributed by atoms with Crippen LogP contribution in [0.3, 0.4) is 0 Å². The van der Waals surface area contributed by atoms with Gasteiger partial charge >= 0.3 is 0 Å². The molecule has 1 fully saturated rings. The molecule has 2 aromatic rings. The Morgan fingerprint density at radius 1 is 1.19 bits per heavy atom. The molecule has 0 bridgehead atoms. The molecule has 0 aromatic heterocycles. The van der Waals surface area contributed by atoms with Crippen LogP contribution in [-0.4, -0.2) is 53.9 Å². The van der Waals surface area contributed by atoms with Crippen LogP contribution in [-0.2, 0) is 6.54 Å². The van der Waals surface area contributed by atoms with Gasteiger partial charge in [-0.25, -0.2) is 0 Å². The van der Waals surface area contributed by atoms with Crippen LogP contribution in [0.1, 0.15) is 15.9 Å². The van der Waals surface area contributed by atoms with Gasteiger partial charge in [-0.3, -0.25) is 19.8 Å². The minimum absolute atomic E-state index is 0.125. The van der Waals surface area contributed by atoms with Gasteiger partial charge in [-0.2, -0.15) is 0 Å². The van der Waals surface area contributed by atoms with Gasteiger partial charge in [-0.05, 0) is 18.2 Å². The summed E-state index contributed by atoms with van der Waals surface area (Å²) in [4.78, 5) is 27.5.